The van der Waals surface area contributed by atoms with Crippen molar-refractivity contribution >= 4 is 6.41 Å². The number of rotatable bonds is 4. The number of hydrogen-bond donors (Lipinski definition) is 0. The van der Waals surface area contributed by atoms with Gasteiger partial charge in [0.25, 0.3) is 0 Å². The van der Waals surface area contributed by atoms with Gasteiger partial charge in [-0.15, -0.1) is 0 Å². The van der Waals surface area contributed by atoms with E-state index in [1.165, 1.54) is 14.2 Å². The van der Waals surface area contributed by atoms with Crippen molar-refractivity contribution in [3.05, 3.63) is 0 Å². The van der Waals surface area contributed by atoms with E-state index < -0.39 is 4.81 Å². The van der Waals surface area contributed by atoms with Crippen LogP contribution in [0, 0.1) is 0 Å². The monoisotopic (exact) mass is 134 g/mol. The molecule has 4 nitrogen and oxygen atoms in total. The Morgan fingerprint density at radius 3 is 1.89 bits per heavy atom. The summed E-state index contributed by atoms with van der Waals surface area (Å²) in [5.74, 6) is 0. The molecule has 0 fully saturated rings. The molecule has 0 spiro atoms. The first kappa shape index (κ1) is 8.55. The van der Waals surface area contributed by atoms with Crippen molar-refractivity contribution in [1.82, 2.24) is 0 Å². The average molecular weight is 134 g/mol. The van der Waals surface area contributed by atoms with Gasteiger partial charge >= 0.3 is 6.41 Å². The second kappa shape index (κ2) is 3.55. The van der Waals surface area contributed by atoms with Crippen molar-refractivity contribution in [1.29, 1.82) is 0 Å². The van der Waals surface area contributed by atoms with Gasteiger partial charge in [0.05, 0.1) is 0 Å². The molecule has 0 N–H and O–H groups in total. The van der Waals surface area contributed by atoms with Crippen LogP contribution in [-0.4, -0.2) is 32.0 Å². The molecule has 0 atom stereocenters. The summed E-state index contributed by atoms with van der Waals surface area (Å²) in [6.45, 7) is 2.26. The van der Waals surface area contributed by atoms with Gasteiger partial charge in [-0.3, -0.25) is 0 Å². The minimum atomic E-state index is -0.403. The fourth-order valence-electron chi connectivity index (χ4n) is 0.493. The van der Waals surface area contributed by atoms with Gasteiger partial charge in [-0.2, -0.15) is 9.68 Å². The summed E-state index contributed by atoms with van der Waals surface area (Å²) in [6, 6.07) is 0. The molecule has 0 aromatic carbocycles. The molecule has 0 bridgehead atoms. The Bertz CT molecular complexity index is 81.9. The molecule has 9 heavy (non-hydrogen) atoms. The standard InChI is InChI=1S/C5H12NO3/c1-4-6(5-7,8-2)9-3/h5H,4H2,1-3H3/q+1. The van der Waals surface area contributed by atoms with E-state index in [1.54, 1.807) is 6.92 Å². The van der Waals surface area contributed by atoms with Gasteiger partial charge in [-0.25, -0.2) is 4.79 Å². The van der Waals surface area contributed by atoms with Crippen molar-refractivity contribution in [2.45, 2.75) is 6.92 Å². The van der Waals surface area contributed by atoms with Gasteiger partial charge < -0.3 is 0 Å². The van der Waals surface area contributed by atoms with Crippen LogP contribution in [-0.2, 0) is 14.5 Å². The van der Waals surface area contributed by atoms with Crippen molar-refractivity contribution in [3.8, 4) is 0 Å². The first-order valence-corrected chi connectivity index (χ1v) is 2.70. The fraction of sp³-hybridized carbons (Fsp3) is 0.800. The van der Waals surface area contributed by atoms with Crippen LogP contribution in [0.4, 0.5) is 0 Å². The second-order valence-electron chi connectivity index (χ2n) is 1.51. The molecule has 0 aliphatic rings. The Morgan fingerprint density at radius 1 is 1.44 bits per heavy atom. The van der Waals surface area contributed by atoms with Crippen LogP contribution in [0.15, 0.2) is 0 Å². The molecule has 1 amide bonds. The zero-order chi connectivity index (χ0) is 7.33. The molecule has 0 aliphatic heterocycles. The van der Waals surface area contributed by atoms with Crippen molar-refractivity contribution < 1.29 is 19.3 Å². The van der Waals surface area contributed by atoms with Crippen LogP contribution in [0.5, 0.6) is 0 Å². The maximum Gasteiger partial charge on any atom is 0.367 e. The highest BCUT2D eigenvalue weighted by Gasteiger charge is 2.25. The summed E-state index contributed by atoms with van der Waals surface area (Å²) >= 11 is 0. The van der Waals surface area contributed by atoms with Crippen LogP contribution in [0.3, 0.4) is 0 Å². The van der Waals surface area contributed by atoms with Crippen LogP contribution >= 0.6 is 0 Å². The molecule has 0 aromatic rings. The highest BCUT2D eigenvalue weighted by Crippen LogP contribution is 2.00. The number of hydroxylamine groups is 4. The Balaban J connectivity index is 3.98. The lowest BCUT2D eigenvalue weighted by atomic mass is 10.7. The quantitative estimate of drug-likeness (QED) is 0.311. The Kier molecular flexibility index (Phi) is 3.37. The van der Waals surface area contributed by atoms with E-state index in [4.69, 9.17) is 9.68 Å². The van der Waals surface area contributed by atoms with Crippen LogP contribution in [0.1, 0.15) is 6.92 Å². The fourth-order valence-corrected chi connectivity index (χ4v) is 0.493. The van der Waals surface area contributed by atoms with E-state index in [1.807, 2.05) is 0 Å². The molecule has 0 saturated carbocycles. The van der Waals surface area contributed by atoms with Crippen LogP contribution in [0.2, 0.25) is 0 Å². The lowest BCUT2D eigenvalue weighted by Crippen LogP contribution is -2.44. The lowest BCUT2D eigenvalue weighted by molar-refractivity contribution is -1.18. The summed E-state index contributed by atoms with van der Waals surface area (Å²) in [7, 11) is 2.84. The normalized spacial score (nSPS) is 11.4. The molecule has 0 saturated heterocycles. The molecule has 54 valence electrons. The van der Waals surface area contributed by atoms with Crippen LogP contribution < -0.4 is 0 Å². The highest BCUT2D eigenvalue weighted by molar-refractivity contribution is 5.34. The summed E-state index contributed by atoms with van der Waals surface area (Å²) in [6.07, 6.45) is 0.597. The second-order valence-corrected chi connectivity index (χ2v) is 1.51. The van der Waals surface area contributed by atoms with Gasteiger partial charge in [0.2, 0.25) is 0 Å². The lowest BCUT2D eigenvalue weighted by Gasteiger charge is -2.20. The number of hydrogen-bond acceptors (Lipinski definition) is 3. The van der Waals surface area contributed by atoms with E-state index in [0.717, 1.165) is 0 Å². The maximum atomic E-state index is 10.2. The van der Waals surface area contributed by atoms with Gasteiger partial charge in [0, 0.05) is 4.81 Å². The zero-order valence-electron chi connectivity index (χ0n) is 5.96. The van der Waals surface area contributed by atoms with E-state index >= 15 is 0 Å². The van der Waals surface area contributed by atoms with Gasteiger partial charge in [0.15, 0.2) is 0 Å². The molecule has 0 unspecified atom stereocenters. The summed E-state index contributed by atoms with van der Waals surface area (Å²) in [4.78, 5) is 19.3. The zero-order valence-corrected chi connectivity index (χ0v) is 5.96. The summed E-state index contributed by atoms with van der Waals surface area (Å²) in [5.41, 5.74) is 0. The molecule has 0 rings (SSSR count). The topological polar surface area (TPSA) is 35.5 Å². The summed E-state index contributed by atoms with van der Waals surface area (Å²) < 4.78 is 0. The van der Waals surface area contributed by atoms with E-state index in [2.05, 4.69) is 0 Å². The molecule has 0 aliphatic carbocycles. The average Bonchev–Trinajstić information content (AvgIpc) is 1.95. The number of carbonyl (C=O) groups is 1. The first-order chi connectivity index (χ1) is 4.24. The van der Waals surface area contributed by atoms with Gasteiger partial charge in [-0.05, 0) is 6.92 Å². The molecule has 0 heterocycles. The van der Waals surface area contributed by atoms with Gasteiger partial charge in [0.1, 0.15) is 20.8 Å². The van der Waals surface area contributed by atoms with Crippen molar-refractivity contribution in [2.24, 2.45) is 0 Å². The Hall–Kier alpha value is -0.450. The predicted molar refractivity (Wildman–Crippen MR) is 30.9 cm³/mol. The predicted octanol–water partition coefficient (Wildman–Crippen LogP) is 0.102. The van der Waals surface area contributed by atoms with E-state index in [0.29, 0.717) is 13.0 Å². The molecular weight excluding hydrogens is 122 g/mol. The third-order valence-electron chi connectivity index (χ3n) is 1.22. The smallest absolute Gasteiger partial charge is 0.227 e. The number of nitrogens with zero attached hydrogens (tertiary/aromatic N) is 1. The SMILES string of the molecule is CC[N+](C=O)(OC)OC. The van der Waals surface area contributed by atoms with E-state index in [9.17, 15) is 4.79 Å². The Labute approximate surface area is 54.5 Å². The maximum absolute atomic E-state index is 10.2. The van der Waals surface area contributed by atoms with Crippen molar-refractivity contribution in [3.63, 3.8) is 0 Å². The minimum Gasteiger partial charge on any atom is -0.227 e. The number of quaternary nitrogens is 1. The third-order valence-corrected chi connectivity index (χ3v) is 1.22. The molecule has 4 heteroatoms. The Morgan fingerprint density at radius 2 is 1.89 bits per heavy atom. The molecule has 0 radical (unpaired) electrons. The molecular formula is C5H12NO3+. The summed E-state index contributed by atoms with van der Waals surface area (Å²) in [5, 5.41) is 0. The van der Waals surface area contributed by atoms with Crippen LogP contribution in [0.25, 0.3) is 0 Å². The van der Waals surface area contributed by atoms with Gasteiger partial charge in [-0.1, -0.05) is 0 Å². The largest absolute Gasteiger partial charge is 0.367 e. The first-order valence-electron chi connectivity index (χ1n) is 2.70. The third kappa shape index (κ3) is 1.74. The minimum absolute atomic E-state index is 0.403. The number of amides is 1. The van der Waals surface area contributed by atoms with Crippen molar-refractivity contribution in [2.75, 3.05) is 20.8 Å². The highest BCUT2D eigenvalue weighted by atomic mass is 17.0. The van der Waals surface area contributed by atoms with E-state index in [-0.39, 0.29) is 0 Å². The molecule has 0 aromatic heterocycles. The number of carbonyl (C=O) groups excluding carboxylic acids is 1.